The lowest BCUT2D eigenvalue weighted by atomic mass is 10.2. The van der Waals surface area contributed by atoms with Gasteiger partial charge in [-0.15, -0.1) is 0 Å². The van der Waals surface area contributed by atoms with E-state index in [1.165, 1.54) is 0 Å². The lowest BCUT2D eigenvalue weighted by Crippen LogP contribution is -2.17. The molecule has 0 fully saturated rings. The summed E-state index contributed by atoms with van der Waals surface area (Å²) in [6, 6.07) is 28.5. The summed E-state index contributed by atoms with van der Waals surface area (Å²) in [5.41, 5.74) is 5.88. The van der Waals surface area contributed by atoms with Gasteiger partial charge in [-0.1, -0.05) is 58.4 Å². The van der Waals surface area contributed by atoms with E-state index in [2.05, 4.69) is 42.4 Å². The van der Waals surface area contributed by atoms with Gasteiger partial charge in [-0.25, -0.2) is 5.43 Å². The van der Waals surface area contributed by atoms with Gasteiger partial charge in [-0.3, -0.25) is 4.79 Å². The SMILES string of the molecule is CCOc1cc(C(=O)N/N=C/c2ccc(OCc3ccc(Br)cc3)c(Br)c2)ccc1OCc1ccccc1. The number of carbonyl (C=O) groups excluding carboxylic acids is 1. The van der Waals surface area contributed by atoms with Crippen LogP contribution in [0.1, 0.15) is 34.0 Å². The van der Waals surface area contributed by atoms with Crippen LogP contribution in [0.3, 0.4) is 0 Å². The van der Waals surface area contributed by atoms with Gasteiger partial charge in [0.2, 0.25) is 0 Å². The van der Waals surface area contributed by atoms with Crippen LogP contribution in [0.2, 0.25) is 0 Å². The average molecular weight is 638 g/mol. The number of carbonyl (C=O) groups is 1. The van der Waals surface area contributed by atoms with Crippen LogP contribution in [0.15, 0.2) is 105 Å². The van der Waals surface area contributed by atoms with Gasteiger partial charge in [0.05, 0.1) is 17.3 Å². The monoisotopic (exact) mass is 636 g/mol. The van der Waals surface area contributed by atoms with E-state index in [0.29, 0.717) is 42.6 Å². The largest absolute Gasteiger partial charge is 0.490 e. The Morgan fingerprint density at radius 1 is 0.789 bits per heavy atom. The minimum atomic E-state index is -0.356. The van der Waals surface area contributed by atoms with Gasteiger partial charge in [0.15, 0.2) is 11.5 Å². The number of nitrogens with zero attached hydrogens (tertiary/aromatic N) is 1. The fourth-order valence-corrected chi connectivity index (χ4v) is 4.23. The van der Waals surface area contributed by atoms with E-state index in [0.717, 1.165) is 25.6 Å². The molecule has 0 aliphatic carbocycles. The van der Waals surface area contributed by atoms with Crippen molar-refractivity contribution < 1.29 is 19.0 Å². The molecule has 8 heteroatoms. The van der Waals surface area contributed by atoms with Crippen molar-refractivity contribution in [2.45, 2.75) is 20.1 Å². The second-order valence-electron chi connectivity index (χ2n) is 8.17. The molecule has 0 saturated carbocycles. The van der Waals surface area contributed by atoms with Crippen LogP contribution in [-0.2, 0) is 13.2 Å². The van der Waals surface area contributed by atoms with Gasteiger partial charge in [0.1, 0.15) is 19.0 Å². The Bertz CT molecular complexity index is 1390. The molecule has 4 aromatic carbocycles. The summed E-state index contributed by atoms with van der Waals surface area (Å²) in [6.45, 7) is 3.19. The molecular weight excluding hydrogens is 612 g/mol. The Balaban J connectivity index is 1.34. The Labute approximate surface area is 238 Å². The fraction of sp³-hybridized carbons (Fsp3) is 0.133. The predicted molar refractivity (Wildman–Crippen MR) is 156 cm³/mol. The van der Waals surface area contributed by atoms with Gasteiger partial charge in [-0.05, 0) is 88.1 Å². The van der Waals surface area contributed by atoms with E-state index in [1.54, 1.807) is 24.4 Å². The molecule has 4 aromatic rings. The molecule has 0 aliphatic rings. The second-order valence-corrected chi connectivity index (χ2v) is 9.94. The predicted octanol–water partition coefficient (Wildman–Crippen LogP) is 7.53. The summed E-state index contributed by atoms with van der Waals surface area (Å²) in [7, 11) is 0. The third kappa shape index (κ3) is 7.94. The maximum absolute atomic E-state index is 12.7. The van der Waals surface area contributed by atoms with E-state index >= 15 is 0 Å². The third-order valence-electron chi connectivity index (χ3n) is 5.39. The van der Waals surface area contributed by atoms with Crippen LogP contribution in [-0.4, -0.2) is 18.7 Å². The summed E-state index contributed by atoms with van der Waals surface area (Å²) in [5.74, 6) is 1.43. The molecule has 4 rings (SSSR count). The first-order chi connectivity index (χ1) is 18.5. The molecule has 0 heterocycles. The zero-order valence-electron chi connectivity index (χ0n) is 20.7. The van der Waals surface area contributed by atoms with Crippen LogP contribution >= 0.6 is 31.9 Å². The lowest BCUT2D eigenvalue weighted by Gasteiger charge is -2.13. The maximum Gasteiger partial charge on any atom is 0.271 e. The highest BCUT2D eigenvalue weighted by atomic mass is 79.9. The molecule has 0 atom stereocenters. The van der Waals surface area contributed by atoms with Gasteiger partial charge >= 0.3 is 0 Å². The lowest BCUT2D eigenvalue weighted by molar-refractivity contribution is 0.0954. The molecular formula is C30H26Br2N2O4. The average Bonchev–Trinajstić information content (AvgIpc) is 2.93. The van der Waals surface area contributed by atoms with Gasteiger partial charge in [0, 0.05) is 10.0 Å². The number of halogens is 2. The Hall–Kier alpha value is -3.62. The zero-order chi connectivity index (χ0) is 26.7. The number of hydrazone groups is 1. The van der Waals surface area contributed by atoms with Crippen molar-refractivity contribution in [3.05, 3.63) is 122 Å². The molecule has 1 N–H and O–H groups in total. The van der Waals surface area contributed by atoms with E-state index in [9.17, 15) is 4.79 Å². The summed E-state index contributed by atoms with van der Waals surface area (Å²) >= 11 is 6.97. The number of hydrogen-bond acceptors (Lipinski definition) is 5. The molecule has 38 heavy (non-hydrogen) atoms. The standard InChI is InChI=1S/C30H26Br2N2O4/c1-2-36-29-17-24(11-15-28(29)38-19-21-6-4-3-5-7-21)30(35)34-33-18-23-10-14-27(26(32)16-23)37-20-22-8-12-25(31)13-9-22/h3-18H,2,19-20H2,1H3,(H,34,35)/b33-18+. The van der Waals surface area contributed by atoms with Crippen molar-refractivity contribution in [3.8, 4) is 17.2 Å². The molecule has 194 valence electrons. The van der Waals surface area contributed by atoms with E-state index in [1.807, 2.05) is 79.7 Å². The summed E-state index contributed by atoms with van der Waals surface area (Å²) in [5, 5.41) is 4.10. The van der Waals surface area contributed by atoms with E-state index < -0.39 is 0 Å². The first kappa shape index (κ1) is 27.4. The number of hydrogen-bond donors (Lipinski definition) is 1. The van der Waals surface area contributed by atoms with Gasteiger partial charge in [-0.2, -0.15) is 5.10 Å². The van der Waals surface area contributed by atoms with Crippen molar-refractivity contribution in [1.82, 2.24) is 5.43 Å². The summed E-state index contributed by atoms with van der Waals surface area (Å²) < 4.78 is 19.3. The van der Waals surface area contributed by atoms with Crippen molar-refractivity contribution in [1.29, 1.82) is 0 Å². The minimum absolute atomic E-state index is 0.356. The Morgan fingerprint density at radius 2 is 1.47 bits per heavy atom. The van der Waals surface area contributed by atoms with Crippen LogP contribution in [0.25, 0.3) is 0 Å². The maximum atomic E-state index is 12.7. The first-order valence-electron chi connectivity index (χ1n) is 12.0. The second kappa shape index (κ2) is 13.8. The quantitative estimate of drug-likeness (QED) is 0.136. The molecule has 0 spiro atoms. The molecule has 1 amide bonds. The zero-order valence-corrected chi connectivity index (χ0v) is 23.9. The highest BCUT2D eigenvalue weighted by Crippen LogP contribution is 2.30. The normalized spacial score (nSPS) is 10.8. The Morgan fingerprint density at radius 3 is 2.18 bits per heavy atom. The number of amides is 1. The number of rotatable bonds is 11. The van der Waals surface area contributed by atoms with Crippen molar-refractivity contribution in [2.75, 3.05) is 6.61 Å². The molecule has 6 nitrogen and oxygen atoms in total. The van der Waals surface area contributed by atoms with E-state index in [-0.39, 0.29) is 5.91 Å². The Kier molecular flexibility index (Phi) is 9.95. The first-order valence-corrected chi connectivity index (χ1v) is 13.5. The number of benzene rings is 4. The van der Waals surface area contributed by atoms with E-state index in [4.69, 9.17) is 14.2 Å². The molecule has 0 saturated heterocycles. The molecule has 0 unspecified atom stereocenters. The van der Waals surface area contributed by atoms with Crippen molar-refractivity contribution in [3.63, 3.8) is 0 Å². The minimum Gasteiger partial charge on any atom is -0.490 e. The van der Waals surface area contributed by atoms with Crippen LogP contribution in [0, 0.1) is 0 Å². The van der Waals surface area contributed by atoms with Crippen LogP contribution < -0.4 is 19.6 Å². The highest BCUT2D eigenvalue weighted by Gasteiger charge is 2.12. The van der Waals surface area contributed by atoms with Gasteiger partial charge < -0.3 is 14.2 Å². The third-order valence-corrected chi connectivity index (χ3v) is 6.53. The molecule has 0 radical (unpaired) electrons. The van der Waals surface area contributed by atoms with Crippen LogP contribution in [0.4, 0.5) is 0 Å². The topological polar surface area (TPSA) is 69.2 Å². The fourth-order valence-electron chi connectivity index (χ4n) is 3.46. The summed E-state index contributed by atoms with van der Waals surface area (Å²) in [6.07, 6.45) is 1.57. The number of nitrogens with one attached hydrogen (secondary N) is 1. The van der Waals surface area contributed by atoms with Gasteiger partial charge in [0.25, 0.3) is 5.91 Å². The smallest absolute Gasteiger partial charge is 0.271 e. The summed E-state index contributed by atoms with van der Waals surface area (Å²) in [4.78, 5) is 12.7. The molecule has 0 aliphatic heterocycles. The highest BCUT2D eigenvalue weighted by molar-refractivity contribution is 9.10. The van der Waals surface area contributed by atoms with Crippen molar-refractivity contribution >= 4 is 44.0 Å². The molecule has 0 bridgehead atoms. The van der Waals surface area contributed by atoms with Crippen LogP contribution in [0.5, 0.6) is 17.2 Å². The molecule has 0 aromatic heterocycles. The number of ether oxygens (including phenoxy) is 3. The van der Waals surface area contributed by atoms with Crippen molar-refractivity contribution in [2.24, 2.45) is 5.10 Å².